The lowest BCUT2D eigenvalue weighted by Gasteiger charge is -2.37. The second-order valence-electron chi connectivity index (χ2n) is 4.32. The van der Waals surface area contributed by atoms with E-state index in [0.29, 0.717) is 19.5 Å². The molecule has 0 bridgehead atoms. The summed E-state index contributed by atoms with van der Waals surface area (Å²) in [5.41, 5.74) is 5.13. The predicted molar refractivity (Wildman–Crippen MR) is 51.8 cm³/mol. The first-order valence-electron chi connectivity index (χ1n) is 5.25. The summed E-state index contributed by atoms with van der Waals surface area (Å²) in [6, 6.07) is 0. The molecule has 1 fully saturated rings. The molecule has 1 aliphatic heterocycles. The van der Waals surface area contributed by atoms with Crippen LogP contribution in [0.3, 0.4) is 0 Å². The monoisotopic (exact) mass is 250 g/mol. The Balaban J connectivity index is 2.30. The van der Waals surface area contributed by atoms with Crippen LogP contribution < -0.4 is 11.1 Å². The lowest BCUT2D eigenvalue weighted by atomic mass is 9.80. The number of aromatic nitrogens is 2. The third-order valence-corrected chi connectivity index (χ3v) is 3.13. The first-order valence-corrected chi connectivity index (χ1v) is 5.25. The number of halogens is 3. The van der Waals surface area contributed by atoms with Crippen LogP contribution in [0.15, 0.2) is 4.52 Å². The van der Waals surface area contributed by atoms with E-state index in [1.165, 1.54) is 0 Å². The molecule has 5 nitrogen and oxygen atoms in total. The number of nitrogens with zero attached hydrogens (tertiary/aromatic N) is 2. The van der Waals surface area contributed by atoms with Gasteiger partial charge in [-0.25, -0.2) is 0 Å². The van der Waals surface area contributed by atoms with Gasteiger partial charge in [-0.05, 0) is 25.4 Å². The van der Waals surface area contributed by atoms with Crippen LogP contribution in [0.25, 0.3) is 0 Å². The van der Waals surface area contributed by atoms with Crippen molar-refractivity contribution in [1.29, 1.82) is 0 Å². The van der Waals surface area contributed by atoms with Crippen molar-refractivity contribution in [1.82, 2.24) is 15.5 Å². The van der Waals surface area contributed by atoms with Gasteiger partial charge in [0.25, 0.3) is 0 Å². The molecular weight excluding hydrogens is 237 g/mol. The average Bonchev–Trinajstić information content (AvgIpc) is 2.71. The predicted octanol–water partition coefficient (Wildman–Crippen LogP) is 0.872. The van der Waals surface area contributed by atoms with Gasteiger partial charge in [-0.3, -0.25) is 0 Å². The summed E-state index contributed by atoms with van der Waals surface area (Å²) in [4.78, 5) is 3.37. The van der Waals surface area contributed by atoms with E-state index in [0.717, 1.165) is 0 Å². The molecule has 8 heteroatoms. The van der Waals surface area contributed by atoms with E-state index in [9.17, 15) is 13.2 Å². The number of nitrogens with two attached hydrogens (primary N) is 1. The van der Waals surface area contributed by atoms with Crippen LogP contribution in [0.1, 0.15) is 25.1 Å². The molecule has 0 aliphatic carbocycles. The third-order valence-electron chi connectivity index (χ3n) is 3.13. The topological polar surface area (TPSA) is 77.0 Å². The number of alkyl halides is 3. The molecular formula is C9H13F3N4O. The van der Waals surface area contributed by atoms with Crippen molar-refractivity contribution in [3.8, 4) is 0 Å². The Kier molecular flexibility index (Phi) is 2.86. The van der Waals surface area contributed by atoms with Crippen molar-refractivity contribution in [2.45, 2.75) is 25.1 Å². The van der Waals surface area contributed by atoms with Crippen LogP contribution >= 0.6 is 0 Å². The number of rotatable bonds is 1. The molecule has 2 heterocycles. The molecule has 2 rings (SSSR count). The van der Waals surface area contributed by atoms with Gasteiger partial charge in [0, 0.05) is 0 Å². The fraction of sp³-hybridized carbons (Fsp3) is 0.778. The highest BCUT2D eigenvalue weighted by atomic mass is 19.4. The SMILES string of the molecule is CC1CNCCC1(N)c1noc(C(F)(F)F)n1. The second kappa shape index (κ2) is 3.95. The van der Waals surface area contributed by atoms with E-state index in [4.69, 9.17) is 5.73 Å². The second-order valence-corrected chi connectivity index (χ2v) is 4.32. The van der Waals surface area contributed by atoms with E-state index in [1.807, 2.05) is 6.92 Å². The summed E-state index contributed by atoms with van der Waals surface area (Å²) >= 11 is 0. The van der Waals surface area contributed by atoms with Crippen LogP contribution in [0.2, 0.25) is 0 Å². The zero-order valence-electron chi connectivity index (χ0n) is 9.21. The Morgan fingerprint density at radius 3 is 2.76 bits per heavy atom. The van der Waals surface area contributed by atoms with Crippen LogP contribution in [0.5, 0.6) is 0 Å². The highest BCUT2D eigenvalue weighted by molar-refractivity contribution is 5.09. The van der Waals surface area contributed by atoms with Crippen molar-refractivity contribution in [3.05, 3.63) is 11.7 Å². The highest BCUT2D eigenvalue weighted by Gasteiger charge is 2.44. The molecule has 0 saturated carbocycles. The molecule has 96 valence electrons. The van der Waals surface area contributed by atoms with Crippen molar-refractivity contribution >= 4 is 0 Å². The first-order chi connectivity index (χ1) is 7.84. The fourth-order valence-electron chi connectivity index (χ4n) is 1.90. The minimum absolute atomic E-state index is 0.0602. The lowest BCUT2D eigenvalue weighted by molar-refractivity contribution is -0.159. The standard InChI is InChI=1S/C9H13F3N4O/c1-5-4-14-3-2-8(5,13)6-15-7(17-16-6)9(10,11)12/h5,14H,2-4,13H2,1H3. The maximum absolute atomic E-state index is 12.3. The first kappa shape index (κ1) is 12.3. The van der Waals surface area contributed by atoms with E-state index in [1.54, 1.807) is 0 Å². The van der Waals surface area contributed by atoms with E-state index < -0.39 is 17.6 Å². The summed E-state index contributed by atoms with van der Waals surface area (Å²) in [5.74, 6) is -1.48. The molecule has 0 radical (unpaired) electrons. The maximum Gasteiger partial charge on any atom is 0.471 e. The van der Waals surface area contributed by atoms with Crippen molar-refractivity contribution in [3.63, 3.8) is 0 Å². The van der Waals surface area contributed by atoms with Gasteiger partial charge in [0.15, 0.2) is 5.82 Å². The number of hydrogen-bond donors (Lipinski definition) is 2. The van der Waals surface area contributed by atoms with Gasteiger partial charge < -0.3 is 15.6 Å². The van der Waals surface area contributed by atoms with Crippen LogP contribution in [-0.4, -0.2) is 23.2 Å². The zero-order valence-corrected chi connectivity index (χ0v) is 9.21. The molecule has 1 saturated heterocycles. The molecule has 0 amide bonds. The zero-order chi connectivity index (χ0) is 12.7. The van der Waals surface area contributed by atoms with Gasteiger partial charge in [-0.15, -0.1) is 0 Å². The van der Waals surface area contributed by atoms with Crippen LogP contribution in [0.4, 0.5) is 13.2 Å². The maximum atomic E-state index is 12.3. The summed E-state index contributed by atoms with van der Waals surface area (Å²) in [6.07, 6.45) is -4.15. The molecule has 0 spiro atoms. The van der Waals surface area contributed by atoms with Gasteiger partial charge in [-0.2, -0.15) is 18.2 Å². The molecule has 3 N–H and O–H groups in total. The van der Waals surface area contributed by atoms with Gasteiger partial charge in [-0.1, -0.05) is 12.1 Å². The normalized spacial score (nSPS) is 30.5. The molecule has 1 aromatic heterocycles. The fourth-order valence-corrected chi connectivity index (χ4v) is 1.90. The minimum atomic E-state index is -4.63. The summed E-state index contributed by atoms with van der Waals surface area (Å²) < 4.78 is 41.2. The Labute approximate surface area is 95.6 Å². The van der Waals surface area contributed by atoms with Crippen LogP contribution in [0, 0.1) is 5.92 Å². The van der Waals surface area contributed by atoms with E-state index in [-0.39, 0.29) is 11.7 Å². The van der Waals surface area contributed by atoms with E-state index >= 15 is 0 Å². The molecule has 1 aliphatic rings. The van der Waals surface area contributed by atoms with Gasteiger partial charge >= 0.3 is 12.1 Å². The van der Waals surface area contributed by atoms with Gasteiger partial charge in [0.1, 0.15) is 0 Å². The van der Waals surface area contributed by atoms with Gasteiger partial charge in [0.2, 0.25) is 0 Å². The summed E-state index contributed by atoms with van der Waals surface area (Å²) in [7, 11) is 0. The van der Waals surface area contributed by atoms with Crippen molar-refractivity contribution in [2.75, 3.05) is 13.1 Å². The largest absolute Gasteiger partial charge is 0.471 e. The number of nitrogens with one attached hydrogen (secondary N) is 1. The smallest absolute Gasteiger partial charge is 0.329 e. The lowest BCUT2D eigenvalue weighted by Crippen LogP contribution is -2.53. The minimum Gasteiger partial charge on any atom is -0.329 e. The Bertz CT molecular complexity index is 405. The third kappa shape index (κ3) is 2.14. The van der Waals surface area contributed by atoms with Crippen molar-refractivity contribution < 1.29 is 17.7 Å². The molecule has 17 heavy (non-hydrogen) atoms. The van der Waals surface area contributed by atoms with Crippen LogP contribution in [-0.2, 0) is 11.7 Å². The number of hydrogen-bond acceptors (Lipinski definition) is 5. The Hall–Kier alpha value is -1.15. The quantitative estimate of drug-likeness (QED) is 0.773. The highest BCUT2D eigenvalue weighted by Crippen LogP contribution is 2.33. The summed E-state index contributed by atoms with van der Waals surface area (Å²) in [6.45, 7) is 3.08. The van der Waals surface area contributed by atoms with Gasteiger partial charge in [0.05, 0.1) is 5.54 Å². The molecule has 0 aromatic carbocycles. The number of piperidine rings is 1. The van der Waals surface area contributed by atoms with Crippen molar-refractivity contribution in [2.24, 2.45) is 11.7 Å². The van der Waals surface area contributed by atoms with E-state index in [2.05, 4.69) is 20.0 Å². The Morgan fingerprint density at radius 2 is 2.24 bits per heavy atom. The molecule has 2 atom stereocenters. The summed E-state index contributed by atoms with van der Waals surface area (Å²) in [5, 5.41) is 6.48. The molecule has 1 aromatic rings. The molecule has 2 unspecified atom stereocenters. The Morgan fingerprint density at radius 1 is 1.53 bits per heavy atom. The average molecular weight is 250 g/mol.